The predicted octanol–water partition coefficient (Wildman–Crippen LogP) is 3.15. The van der Waals surface area contributed by atoms with Gasteiger partial charge in [0.15, 0.2) is 0 Å². The Balaban J connectivity index is 2.03. The first-order valence-electron chi connectivity index (χ1n) is 6.32. The van der Waals surface area contributed by atoms with Gasteiger partial charge >= 0.3 is 0 Å². The highest BCUT2D eigenvalue weighted by Gasteiger charge is 2.18. The molecule has 0 aliphatic carbocycles. The fourth-order valence-electron chi connectivity index (χ4n) is 1.92. The molecule has 3 nitrogen and oxygen atoms in total. The average Bonchev–Trinajstić information content (AvgIpc) is 2.47. The molecule has 19 heavy (non-hydrogen) atoms. The number of nitrogens with zero attached hydrogens (tertiary/aromatic N) is 1. The first-order chi connectivity index (χ1) is 9.18. The average molecular weight is 254 g/mol. The molecule has 3 heteroatoms. The maximum Gasteiger partial charge on any atom is 0.248 e. The third-order valence-electron chi connectivity index (χ3n) is 3.00. The second-order valence-electron chi connectivity index (χ2n) is 4.46. The van der Waals surface area contributed by atoms with Gasteiger partial charge in [-0.25, -0.2) is 0 Å². The molecule has 0 aliphatic rings. The summed E-state index contributed by atoms with van der Waals surface area (Å²) in [7, 11) is 1.79. The number of hydrogen-bond donors (Lipinski definition) is 1. The van der Waals surface area contributed by atoms with Crippen LogP contribution in [0.1, 0.15) is 6.92 Å². The van der Waals surface area contributed by atoms with Crippen LogP contribution >= 0.6 is 0 Å². The van der Waals surface area contributed by atoms with Crippen molar-refractivity contribution in [1.29, 1.82) is 0 Å². The van der Waals surface area contributed by atoms with Crippen molar-refractivity contribution in [3.63, 3.8) is 0 Å². The van der Waals surface area contributed by atoms with E-state index < -0.39 is 0 Å². The standard InChI is InChI=1S/C16H18N2O/c1-13(17-14-9-5-3-6-10-14)16(19)18(2)15-11-7-4-8-12-15/h3-13,17H,1-2H3. The largest absolute Gasteiger partial charge is 0.374 e. The predicted molar refractivity (Wildman–Crippen MR) is 79.4 cm³/mol. The van der Waals surface area contributed by atoms with Gasteiger partial charge in [-0.1, -0.05) is 36.4 Å². The molecule has 0 aliphatic heterocycles. The van der Waals surface area contributed by atoms with Gasteiger partial charge in [-0.05, 0) is 31.2 Å². The molecule has 0 heterocycles. The third kappa shape index (κ3) is 3.35. The number of amides is 1. The summed E-state index contributed by atoms with van der Waals surface area (Å²) in [6.07, 6.45) is 0. The number of para-hydroxylation sites is 2. The summed E-state index contributed by atoms with van der Waals surface area (Å²) in [6, 6.07) is 19.1. The molecule has 0 radical (unpaired) electrons. The van der Waals surface area contributed by atoms with Crippen LogP contribution in [0.5, 0.6) is 0 Å². The number of hydrogen-bond acceptors (Lipinski definition) is 2. The van der Waals surface area contributed by atoms with Crippen LogP contribution in [0.3, 0.4) is 0 Å². The minimum Gasteiger partial charge on any atom is -0.374 e. The molecule has 0 saturated carbocycles. The summed E-state index contributed by atoms with van der Waals surface area (Å²) in [5.41, 5.74) is 1.85. The summed E-state index contributed by atoms with van der Waals surface area (Å²) in [5, 5.41) is 3.20. The van der Waals surface area contributed by atoms with E-state index >= 15 is 0 Å². The van der Waals surface area contributed by atoms with Gasteiger partial charge < -0.3 is 10.2 Å². The van der Waals surface area contributed by atoms with Crippen molar-refractivity contribution in [3.8, 4) is 0 Å². The van der Waals surface area contributed by atoms with Crippen molar-refractivity contribution in [2.75, 3.05) is 17.3 Å². The minimum absolute atomic E-state index is 0.0371. The maximum absolute atomic E-state index is 12.3. The van der Waals surface area contributed by atoms with Crippen molar-refractivity contribution in [2.45, 2.75) is 13.0 Å². The molecular weight excluding hydrogens is 236 g/mol. The van der Waals surface area contributed by atoms with Crippen LogP contribution in [-0.4, -0.2) is 19.0 Å². The zero-order valence-corrected chi connectivity index (χ0v) is 11.2. The van der Waals surface area contributed by atoms with Gasteiger partial charge in [0.2, 0.25) is 5.91 Å². The normalized spacial score (nSPS) is 11.7. The molecule has 2 aromatic carbocycles. The summed E-state index contributed by atoms with van der Waals surface area (Å²) >= 11 is 0. The molecule has 0 bridgehead atoms. The Morgan fingerprint density at radius 2 is 1.53 bits per heavy atom. The molecule has 1 unspecified atom stereocenters. The SMILES string of the molecule is CC(Nc1ccccc1)C(=O)N(C)c1ccccc1. The molecule has 2 aromatic rings. The van der Waals surface area contributed by atoms with Gasteiger partial charge in [0.05, 0.1) is 0 Å². The molecule has 0 aromatic heterocycles. The van der Waals surface area contributed by atoms with Crippen molar-refractivity contribution in [1.82, 2.24) is 0 Å². The van der Waals surface area contributed by atoms with Gasteiger partial charge in [0.1, 0.15) is 6.04 Å². The lowest BCUT2D eigenvalue weighted by molar-refractivity contribution is -0.118. The van der Waals surface area contributed by atoms with Gasteiger partial charge in [-0.2, -0.15) is 0 Å². The first-order valence-corrected chi connectivity index (χ1v) is 6.32. The van der Waals surface area contributed by atoms with Crippen molar-refractivity contribution < 1.29 is 4.79 Å². The second-order valence-corrected chi connectivity index (χ2v) is 4.46. The van der Waals surface area contributed by atoms with E-state index in [1.807, 2.05) is 67.6 Å². The topological polar surface area (TPSA) is 32.3 Å². The Hall–Kier alpha value is -2.29. The highest BCUT2D eigenvalue weighted by Crippen LogP contribution is 2.14. The number of nitrogens with one attached hydrogen (secondary N) is 1. The molecule has 1 atom stereocenters. The summed E-state index contributed by atoms with van der Waals surface area (Å²) in [4.78, 5) is 14.0. The lowest BCUT2D eigenvalue weighted by atomic mass is 10.2. The zero-order valence-electron chi connectivity index (χ0n) is 11.2. The Morgan fingerprint density at radius 1 is 1.00 bits per heavy atom. The number of carbonyl (C=O) groups excluding carboxylic acids is 1. The van der Waals surface area contributed by atoms with Gasteiger partial charge in [0, 0.05) is 18.4 Å². The van der Waals surface area contributed by atoms with Crippen LogP contribution in [0, 0.1) is 0 Å². The highest BCUT2D eigenvalue weighted by atomic mass is 16.2. The van der Waals surface area contributed by atoms with Crippen LogP contribution in [0.15, 0.2) is 60.7 Å². The number of rotatable bonds is 4. The minimum atomic E-state index is -0.271. The van der Waals surface area contributed by atoms with E-state index in [4.69, 9.17) is 0 Å². The Morgan fingerprint density at radius 3 is 2.11 bits per heavy atom. The molecule has 98 valence electrons. The molecule has 0 fully saturated rings. The van der Waals surface area contributed by atoms with Crippen LogP contribution in [0.25, 0.3) is 0 Å². The molecule has 0 saturated heterocycles. The Kier molecular flexibility index (Phi) is 4.18. The van der Waals surface area contributed by atoms with E-state index in [0.29, 0.717) is 0 Å². The van der Waals surface area contributed by atoms with E-state index in [1.165, 1.54) is 0 Å². The molecule has 2 rings (SSSR count). The highest BCUT2D eigenvalue weighted by molar-refractivity contribution is 5.97. The number of carbonyl (C=O) groups is 1. The van der Waals surface area contributed by atoms with E-state index in [0.717, 1.165) is 11.4 Å². The van der Waals surface area contributed by atoms with Gasteiger partial charge in [-0.3, -0.25) is 4.79 Å². The molecule has 1 amide bonds. The van der Waals surface area contributed by atoms with Gasteiger partial charge in [0.25, 0.3) is 0 Å². The summed E-state index contributed by atoms with van der Waals surface area (Å²) in [6.45, 7) is 1.87. The molecule has 0 spiro atoms. The number of anilines is 2. The van der Waals surface area contributed by atoms with E-state index in [1.54, 1.807) is 11.9 Å². The fraction of sp³-hybridized carbons (Fsp3) is 0.188. The molecular formula is C16H18N2O. The monoisotopic (exact) mass is 254 g/mol. The lowest BCUT2D eigenvalue weighted by Crippen LogP contribution is -2.39. The number of likely N-dealkylation sites (N-methyl/N-ethyl adjacent to an activating group) is 1. The quantitative estimate of drug-likeness (QED) is 0.909. The third-order valence-corrected chi connectivity index (χ3v) is 3.00. The fourth-order valence-corrected chi connectivity index (χ4v) is 1.92. The Labute approximate surface area is 113 Å². The van der Waals surface area contributed by atoms with Crippen molar-refractivity contribution in [3.05, 3.63) is 60.7 Å². The zero-order chi connectivity index (χ0) is 13.7. The smallest absolute Gasteiger partial charge is 0.248 e. The van der Waals surface area contributed by atoms with E-state index in [9.17, 15) is 4.79 Å². The first kappa shape index (κ1) is 13.1. The van der Waals surface area contributed by atoms with Crippen molar-refractivity contribution >= 4 is 17.3 Å². The van der Waals surface area contributed by atoms with Crippen LogP contribution in [0.4, 0.5) is 11.4 Å². The lowest BCUT2D eigenvalue weighted by Gasteiger charge is -2.22. The summed E-state index contributed by atoms with van der Waals surface area (Å²) < 4.78 is 0. The number of benzene rings is 2. The second kappa shape index (κ2) is 6.05. The maximum atomic E-state index is 12.3. The summed E-state index contributed by atoms with van der Waals surface area (Å²) in [5.74, 6) is 0.0371. The van der Waals surface area contributed by atoms with Crippen LogP contribution < -0.4 is 10.2 Å². The van der Waals surface area contributed by atoms with Crippen LogP contribution in [-0.2, 0) is 4.79 Å². The van der Waals surface area contributed by atoms with Gasteiger partial charge in [-0.15, -0.1) is 0 Å². The Bertz CT molecular complexity index is 525. The van der Waals surface area contributed by atoms with Crippen molar-refractivity contribution in [2.24, 2.45) is 0 Å². The molecule has 1 N–H and O–H groups in total. The van der Waals surface area contributed by atoms with E-state index in [2.05, 4.69) is 5.32 Å². The van der Waals surface area contributed by atoms with Crippen LogP contribution in [0.2, 0.25) is 0 Å². The van der Waals surface area contributed by atoms with E-state index in [-0.39, 0.29) is 11.9 Å².